The summed E-state index contributed by atoms with van der Waals surface area (Å²) >= 11 is 0. The number of rotatable bonds is 51. The van der Waals surface area contributed by atoms with Crippen LogP contribution in [0.2, 0.25) is 0 Å². The van der Waals surface area contributed by atoms with E-state index in [4.69, 9.17) is 33.2 Å². The zero-order chi connectivity index (χ0) is 55.4. The summed E-state index contributed by atoms with van der Waals surface area (Å²) in [6.07, 6.45) is 36.9. The van der Waals surface area contributed by atoms with E-state index in [0.717, 1.165) is 71.0 Å². The lowest BCUT2D eigenvalue weighted by molar-refractivity contribution is -0.171. The molecule has 436 valence electrons. The quantitative estimate of drug-likeness (QED) is 0.0242. The molecule has 1 rings (SSSR count). The Hall–Kier alpha value is -4.53. The van der Waals surface area contributed by atoms with Crippen molar-refractivity contribution < 1.29 is 66.7 Å². The van der Waals surface area contributed by atoms with Crippen LogP contribution in [0.1, 0.15) is 239 Å². The number of ether oxygens (including phenoxy) is 7. The highest BCUT2D eigenvalue weighted by Gasteiger charge is 2.38. The van der Waals surface area contributed by atoms with Crippen LogP contribution in [0.5, 0.6) is 0 Å². The third kappa shape index (κ3) is 43.6. The number of allylic oxidation sites excluding steroid dienone is 3. The molecular weight excluding hydrogens is 971 g/mol. The van der Waals surface area contributed by atoms with Crippen molar-refractivity contribution in [2.75, 3.05) is 65.9 Å². The van der Waals surface area contributed by atoms with Gasteiger partial charge in [-0.2, -0.15) is 0 Å². The molecule has 0 unspecified atom stereocenters. The molecule has 0 atom stereocenters. The van der Waals surface area contributed by atoms with Crippen molar-refractivity contribution in [3.8, 4) is 0 Å². The van der Waals surface area contributed by atoms with Crippen LogP contribution in [0.3, 0.4) is 0 Å². The van der Waals surface area contributed by atoms with Crippen LogP contribution in [0.25, 0.3) is 0 Å². The smallest absolute Gasteiger partial charge is 0.305 e. The van der Waals surface area contributed by atoms with E-state index in [1.165, 1.54) is 38.5 Å². The summed E-state index contributed by atoms with van der Waals surface area (Å²) in [6, 6.07) is 0. The first kappa shape index (κ1) is 69.5. The van der Waals surface area contributed by atoms with Crippen molar-refractivity contribution in [1.29, 1.82) is 0 Å². The highest BCUT2D eigenvalue weighted by Crippen LogP contribution is 2.24. The standard InChI is InChI=1S/C61H103NO14/c1-4-7-10-13-16-19-33-47-70-54(63)37-25-22-28-40-57(66)73-50-61(53-76-60(69)43-36-46-62-44-31-32-45-62,51-74-58(67)41-29-23-26-38-55(64)71-48-34-20-17-14-11-8-5-2)52-75-59(68)42-30-24-27-39-56(65)72-49-35-21-18-15-12-9-6-3/h16-21H,4-15,22-53H2,1-3H3/b19-16-,20-17-,21-18-. The predicted molar refractivity (Wildman–Crippen MR) is 297 cm³/mol. The van der Waals surface area contributed by atoms with Gasteiger partial charge in [0.2, 0.25) is 0 Å². The molecule has 0 bridgehead atoms. The Labute approximate surface area is 458 Å². The van der Waals surface area contributed by atoms with E-state index in [0.29, 0.717) is 103 Å². The molecule has 0 aromatic carbocycles. The van der Waals surface area contributed by atoms with E-state index in [9.17, 15) is 33.6 Å². The number of unbranched alkanes of at least 4 members (excludes halogenated alkanes) is 15. The zero-order valence-electron chi connectivity index (χ0n) is 47.7. The lowest BCUT2D eigenvalue weighted by atomic mass is 9.92. The van der Waals surface area contributed by atoms with Gasteiger partial charge in [0.25, 0.3) is 0 Å². The molecule has 0 aliphatic carbocycles. The molecule has 0 N–H and O–H groups in total. The SMILES string of the molecule is CCCCC/C=C\CCOC(=O)CCCCCC(=O)OCC(COC(=O)CCCCCC(=O)OCC/C=C\CCCCC)(COC(=O)CCCCCC(=O)OCC/C=C\CCCCC)COC(=O)CCCN1CCCC1. The Balaban J connectivity index is 2.87. The van der Waals surface area contributed by atoms with Crippen molar-refractivity contribution in [2.45, 2.75) is 239 Å². The minimum absolute atomic E-state index is 0.0528. The van der Waals surface area contributed by atoms with Crippen LogP contribution in [-0.2, 0) is 66.7 Å². The molecule has 1 heterocycles. The summed E-state index contributed by atoms with van der Waals surface area (Å²) in [5, 5.41) is 0. The number of likely N-dealkylation sites (tertiary alicyclic amines) is 1. The second kappa shape index (κ2) is 50.0. The Morgan fingerprint density at radius 1 is 0.329 bits per heavy atom. The van der Waals surface area contributed by atoms with E-state index in [1.807, 2.05) is 18.2 Å². The van der Waals surface area contributed by atoms with Crippen molar-refractivity contribution in [1.82, 2.24) is 4.90 Å². The molecule has 0 radical (unpaired) electrons. The second-order valence-electron chi connectivity index (χ2n) is 20.4. The van der Waals surface area contributed by atoms with Crippen LogP contribution >= 0.6 is 0 Å². The number of carbonyl (C=O) groups is 7. The molecule has 15 nitrogen and oxygen atoms in total. The van der Waals surface area contributed by atoms with Crippen LogP contribution < -0.4 is 0 Å². The van der Waals surface area contributed by atoms with Gasteiger partial charge in [-0.05, 0) is 135 Å². The molecule has 0 amide bonds. The third-order valence-electron chi connectivity index (χ3n) is 13.1. The van der Waals surface area contributed by atoms with Gasteiger partial charge in [-0.3, -0.25) is 33.6 Å². The number of carbonyl (C=O) groups excluding carboxylic acids is 7. The lowest BCUT2D eigenvalue weighted by Gasteiger charge is -2.31. The molecule has 0 aromatic heterocycles. The van der Waals surface area contributed by atoms with E-state index < -0.39 is 29.3 Å². The van der Waals surface area contributed by atoms with Gasteiger partial charge in [0.1, 0.15) is 31.8 Å². The monoisotopic (exact) mass is 1070 g/mol. The predicted octanol–water partition coefficient (Wildman–Crippen LogP) is 13.1. The highest BCUT2D eigenvalue weighted by molar-refractivity contribution is 5.72. The number of esters is 7. The zero-order valence-corrected chi connectivity index (χ0v) is 47.7. The molecule has 1 fully saturated rings. The summed E-state index contributed by atoms with van der Waals surface area (Å²) < 4.78 is 39.1. The summed E-state index contributed by atoms with van der Waals surface area (Å²) in [5.74, 6) is -2.92. The summed E-state index contributed by atoms with van der Waals surface area (Å²) in [7, 11) is 0. The fourth-order valence-corrected chi connectivity index (χ4v) is 8.26. The first-order valence-electron chi connectivity index (χ1n) is 29.8. The van der Waals surface area contributed by atoms with Gasteiger partial charge >= 0.3 is 41.8 Å². The second-order valence-corrected chi connectivity index (χ2v) is 20.4. The Bertz CT molecular complexity index is 1460. The highest BCUT2D eigenvalue weighted by atomic mass is 16.6. The summed E-state index contributed by atoms with van der Waals surface area (Å²) in [4.78, 5) is 91.9. The normalized spacial score (nSPS) is 12.9. The first-order chi connectivity index (χ1) is 37.0. The number of nitrogens with zero attached hydrogens (tertiary/aromatic N) is 1. The van der Waals surface area contributed by atoms with Crippen LogP contribution in [0.4, 0.5) is 0 Å². The van der Waals surface area contributed by atoms with E-state index >= 15 is 0 Å². The van der Waals surface area contributed by atoms with E-state index in [1.54, 1.807) is 0 Å². The average Bonchev–Trinajstić information content (AvgIpc) is 3.94. The van der Waals surface area contributed by atoms with Gasteiger partial charge in [-0.25, -0.2) is 0 Å². The van der Waals surface area contributed by atoms with Crippen LogP contribution in [0.15, 0.2) is 36.5 Å². The fraction of sp³-hybridized carbons (Fsp3) is 0.787. The van der Waals surface area contributed by atoms with E-state index in [-0.39, 0.29) is 89.3 Å². The summed E-state index contributed by atoms with van der Waals surface area (Å²) in [5.41, 5.74) is -1.41. The Morgan fingerprint density at radius 3 is 0.882 bits per heavy atom. The van der Waals surface area contributed by atoms with Gasteiger partial charge in [-0.1, -0.05) is 115 Å². The Kier molecular flexibility index (Phi) is 45.7. The van der Waals surface area contributed by atoms with Gasteiger partial charge in [-0.15, -0.1) is 0 Å². The fourth-order valence-electron chi connectivity index (χ4n) is 8.26. The maximum Gasteiger partial charge on any atom is 0.305 e. The molecule has 0 saturated carbocycles. The molecule has 76 heavy (non-hydrogen) atoms. The minimum Gasteiger partial charge on any atom is -0.465 e. The number of hydrogen-bond acceptors (Lipinski definition) is 15. The summed E-state index contributed by atoms with van der Waals surface area (Å²) in [6.45, 7) is 8.85. The lowest BCUT2D eigenvalue weighted by Crippen LogP contribution is -2.44. The first-order valence-corrected chi connectivity index (χ1v) is 29.8. The largest absolute Gasteiger partial charge is 0.465 e. The average molecular weight is 1070 g/mol. The molecule has 1 aliphatic heterocycles. The molecular formula is C61H103NO14. The van der Waals surface area contributed by atoms with Crippen molar-refractivity contribution in [2.24, 2.45) is 5.41 Å². The van der Waals surface area contributed by atoms with E-state index in [2.05, 4.69) is 43.9 Å². The van der Waals surface area contributed by atoms with Crippen LogP contribution in [-0.4, -0.2) is 113 Å². The molecule has 0 aromatic rings. The number of hydrogen-bond donors (Lipinski definition) is 0. The molecule has 0 spiro atoms. The third-order valence-corrected chi connectivity index (χ3v) is 13.1. The van der Waals surface area contributed by atoms with Gasteiger partial charge in [0, 0.05) is 44.9 Å². The minimum atomic E-state index is -1.41. The van der Waals surface area contributed by atoms with Crippen molar-refractivity contribution in [3.05, 3.63) is 36.5 Å². The van der Waals surface area contributed by atoms with Crippen molar-refractivity contribution in [3.63, 3.8) is 0 Å². The van der Waals surface area contributed by atoms with Gasteiger partial charge in [0.05, 0.1) is 19.8 Å². The van der Waals surface area contributed by atoms with Crippen LogP contribution in [0, 0.1) is 5.41 Å². The van der Waals surface area contributed by atoms with Crippen molar-refractivity contribution >= 4 is 41.8 Å². The maximum atomic E-state index is 13.2. The Morgan fingerprint density at radius 2 is 0.592 bits per heavy atom. The van der Waals surface area contributed by atoms with Gasteiger partial charge in [0.15, 0.2) is 0 Å². The van der Waals surface area contributed by atoms with Gasteiger partial charge < -0.3 is 38.1 Å². The molecule has 1 saturated heterocycles. The molecule has 15 heteroatoms. The maximum absolute atomic E-state index is 13.2. The topological polar surface area (TPSA) is 187 Å². The molecule has 1 aliphatic rings.